The molecule has 6 nitrogen and oxygen atoms in total. The number of hydrogen-bond donors (Lipinski definition) is 1. The van der Waals surface area contributed by atoms with E-state index in [4.69, 9.17) is 4.74 Å². The second kappa shape index (κ2) is 9.41. The molecule has 0 spiro atoms. The fourth-order valence-corrected chi connectivity index (χ4v) is 3.62. The summed E-state index contributed by atoms with van der Waals surface area (Å²) >= 11 is 1.34. The summed E-state index contributed by atoms with van der Waals surface area (Å²) in [5.41, 5.74) is 2.86. The molecular formula is C21H24N4O2S. The lowest BCUT2D eigenvalue weighted by atomic mass is 9.97. The average Bonchev–Trinajstić information content (AvgIpc) is 3.20. The van der Waals surface area contributed by atoms with Crippen LogP contribution in [-0.4, -0.2) is 33.5 Å². The summed E-state index contributed by atoms with van der Waals surface area (Å²) in [7, 11) is 1.62. The van der Waals surface area contributed by atoms with E-state index in [1.165, 1.54) is 11.8 Å². The predicted molar refractivity (Wildman–Crippen MR) is 112 cm³/mol. The van der Waals surface area contributed by atoms with Crippen LogP contribution in [0.1, 0.15) is 31.7 Å². The van der Waals surface area contributed by atoms with E-state index >= 15 is 0 Å². The van der Waals surface area contributed by atoms with Gasteiger partial charge >= 0.3 is 0 Å². The molecule has 1 N–H and O–H groups in total. The van der Waals surface area contributed by atoms with Crippen molar-refractivity contribution in [2.45, 2.75) is 31.3 Å². The first-order valence-corrected chi connectivity index (χ1v) is 10.2. The van der Waals surface area contributed by atoms with Crippen molar-refractivity contribution >= 4 is 23.4 Å². The molecule has 0 unspecified atom stereocenters. The third-order valence-corrected chi connectivity index (χ3v) is 5.51. The molecular weight excluding hydrogens is 372 g/mol. The Bertz CT molecular complexity index is 941. The highest BCUT2D eigenvalue weighted by Gasteiger charge is 2.15. The second-order valence-corrected chi connectivity index (χ2v) is 7.33. The minimum Gasteiger partial charge on any atom is -0.495 e. The van der Waals surface area contributed by atoms with E-state index in [-0.39, 0.29) is 11.7 Å². The minimum absolute atomic E-state index is 0.0738. The molecule has 0 aliphatic carbocycles. The second-order valence-electron chi connectivity index (χ2n) is 6.39. The maximum Gasteiger partial charge on any atom is 0.234 e. The molecule has 1 atom stereocenters. The largest absolute Gasteiger partial charge is 0.495 e. The Balaban J connectivity index is 1.70. The summed E-state index contributed by atoms with van der Waals surface area (Å²) in [5, 5.41) is 11.8. The highest BCUT2D eigenvalue weighted by molar-refractivity contribution is 7.99. The smallest absolute Gasteiger partial charge is 0.234 e. The van der Waals surface area contributed by atoms with Crippen LogP contribution in [0.2, 0.25) is 0 Å². The van der Waals surface area contributed by atoms with Crippen molar-refractivity contribution in [3.63, 3.8) is 0 Å². The zero-order valence-corrected chi connectivity index (χ0v) is 17.1. The number of aromatic nitrogens is 3. The molecule has 0 bridgehead atoms. The Morgan fingerprint density at radius 3 is 2.75 bits per heavy atom. The van der Waals surface area contributed by atoms with Crippen molar-refractivity contribution < 1.29 is 9.53 Å². The number of amides is 1. The van der Waals surface area contributed by atoms with E-state index in [0.717, 1.165) is 29.1 Å². The number of ether oxygens (including phenoxy) is 1. The van der Waals surface area contributed by atoms with Gasteiger partial charge in [-0.3, -0.25) is 9.36 Å². The first-order chi connectivity index (χ1) is 13.6. The molecule has 1 amide bonds. The molecule has 28 heavy (non-hydrogen) atoms. The standard InChI is InChI=1S/C21H24N4O2S/c1-4-15(2)16-9-5-6-10-17(16)23-20(26)13-28-21-24-22-14-25(21)18-11-7-8-12-19(18)27-3/h5-12,14-15H,4,13H2,1-3H3,(H,23,26)/t15-/m0/s1. The first-order valence-electron chi connectivity index (χ1n) is 9.19. The number of rotatable bonds is 8. The van der Waals surface area contributed by atoms with Gasteiger partial charge in [-0.2, -0.15) is 0 Å². The van der Waals surface area contributed by atoms with E-state index in [2.05, 4.69) is 35.4 Å². The van der Waals surface area contributed by atoms with E-state index < -0.39 is 0 Å². The maximum atomic E-state index is 12.5. The van der Waals surface area contributed by atoms with Crippen LogP contribution in [-0.2, 0) is 4.79 Å². The van der Waals surface area contributed by atoms with Crippen LogP contribution in [0.5, 0.6) is 5.75 Å². The van der Waals surface area contributed by atoms with E-state index in [1.807, 2.05) is 47.0 Å². The van der Waals surface area contributed by atoms with Gasteiger partial charge in [-0.25, -0.2) is 0 Å². The van der Waals surface area contributed by atoms with Gasteiger partial charge in [-0.1, -0.05) is 55.9 Å². The van der Waals surface area contributed by atoms with E-state index in [1.54, 1.807) is 13.4 Å². The fraction of sp³-hybridized carbons (Fsp3) is 0.286. The number of nitrogens with one attached hydrogen (secondary N) is 1. The summed E-state index contributed by atoms with van der Waals surface area (Å²) in [6, 6.07) is 15.6. The Morgan fingerprint density at radius 2 is 1.96 bits per heavy atom. The third kappa shape index (κ3) is 4.54. The van der Waals surface area contributed by atoms with Crippen LogP contribution in [0.15, 0.2) is 60.0 Å². The number of para-hydroxylation sites is 3. The van der Waals surface area contributed by atoms with Gasteiger partial charge in [0.15, 0.2) is 5.16 Å². The van der Waals surface area contributed by atoms with Gasteiger partial charge < -0.3 is 10.1 Å². The number of thioether (sulfide) groups is 1. The van der Waals surface area contributed by atoms with Crippen molar-refractivity contribution in [3.05, 3.63) is 60.4 Å². The Kier molecular flexibility index (Phi) is 6.71. The predicted octanol–water partition coefficient (Wildman–Crippen LogP) is 4.52. The first kappa shape index (κ1) is 19.9. The Hall–Kier alpha value is -2.80. The SMILES string of the molecule is CC[C@H](C)c1ccccc1NC(=O)CSc1nncn1-c1ccccc1OC. The lowest BCUT2D eigenvalue weighted by Gasteiger charge is -2.15. The number of carbonyl (C=O) groups is 1. The molecule has 0 aliphatic heterocycles. The summed E-state index contributed by atoms with van der Waals surface area (Å²) < 4.78 is 7.23. The van der Waals surface area contributed by atoms with Crippen LogP contribution in [0, 0.1) is 0 Å². The molecule has 0 fully saturated rings. The van der Waals surface area contributed by atoms with Gasteiger partial charge in [-0.05, 0) is 36.1 Å². The van der Waals surface area contributed by atoms with Crippen molar-refractivity contribution in [1.82, 2.24) is 14.8 Å². The van der Waals surface area contributed by atoms with Crippen LogP contribution in [0.3, 0.4) is 0 Å². The third-order valence-electron chi connectivity index (χ3n) is 4.57. The summed E-state index contributed by atoms with van der Waals surface area (Å²) in [6.07, 6.45) is 2.64. The van der Waals surface area contributed by atoms with Gasteiger partial charge in [0, 0.05) is 5.69 Å². The normalized spacial score (nSPS) is 11.8. The monoisotopic (exact) mass is 396 g/mol. The topological polar surface area (TPSA) is 69.0 Å². The number of carbonyl (C=O) groups excluding carboxylic acids is 1. The van der Waals surface area contributed by atoms with Crippen molar-refractivity contribution in [2.75, 3.05) is 18.2 Å². The van der Waals surface area contributed by atoms with Crippen LogP contribution >= 0.6 is 11.8 Å². The zero-order chi connectivity index (χ0) is 19.9. The van der Waals surface area contributed by atoms with Crippen LogP contribution in [0.25, 0.3) is 5.69 Å². The fourth-order valence-electron chi connectivity index (χ4n) is 2.89. The molecule has 146 valence electrons. The van der Waals surface area contributed by atoms with E-state index in [0.29, 0.717) is 11.1 Å². The highest BCUT2D eigenvalue weighted by atomic mass is 32.2. The molecule has 0 saturated heterocycles. The molecule has 0 saturated carbocycles. The molecule has 1 aromatic heterocycles. The van der Waals surface area contributed by atoms with Gasteiger partial charge in [0.25, 0.3) is 0 Å². The summed E-state index contributed by atoms with van der Waals surface area (Å²) in [5.74, 6) is 1.27. The molecule has 2 aromatic carbocycles. The van der Waals surface area contributed by atoms with Crippen LogP contribution in [0.4, 0.5) is 5.69 Å². The minimum atomic E-state index is -0.0738. The number of methoxy groups -OCH3 is 1. The maximum absolute atomic E-state index is 12.5. The van der Waals surface area contributed by atoms with Gasteiger partial charge in [-0.15, -0.1) is 10.2 Å². The van der Waals surface area contributed by atoms with Crippen LogP contribution < -0.4 is 10.1 Å². The van der Waals surface area contributed by atoms with E-state index in [9.17, 15) is 4.79 Å². The Labute approximate surface area is 169 Å². The summed E-state index contributed by atoms with van der Waals surface area (Å²) in [6.45, 7) is 4.30. The lowest BCUT2D eigenvalue weighted by Crippen LogP contribution is -2.16. The number of benzene rings is 2. The average molecular weight is 397 g/mol. The van der Waals surface area contributed by atoms with Crippen molar-refractivity contribution in [3.8, 4) is 11.4 Å². The molecule has 3 aromatic rings. The van der Waals surface area contributed by atoms with Gasteiger partial charge in [0.1, 0.15) is 12.1 Å². The molecule has 1 heterocycles. The molecule has 0 radical (unpaired) electrons. The highest BCUT2D eigenvalue weighted by Crippen LogP contribution is 2.28. The Morgan fingerprint density at radius 1 is 1.21 bits per heavy atom. The number of nitrogens with zero attached hydrogens (tertiary/aromatic N) is 3. The lowest BCUT2D eigenvalue weighted by molar-refractivity contribution is -0.113. The summed E-state index contributed by atoms with van der Waals surface area (Å²) in [4.78, 5) is 12.5. The quantitative estimate of drug-likeness (QED) is 0.567. The van der Waals surface area contributed by atoms with Crippen molar-refractivity contribution in [1.29, 1.82) is 0 Å². The number of hydrogen-bond acceptors (Lipinski definition) is 5. The van der Waals surface area contributed by atoms with Gasteiger partial charge in [0.2, 0.25) is 5.91 Å². The molecule has 7 heteroatoms. The van der Waals surface area contributed by atoms with Crippen molar-refractivity contribution in [2.24, 2.45) is 0 Å². The van der Waals surface area contributed by atoms with Gasteiger partial charge in [0.05, 0.1) is 18.6 Å². The molecule has 3 rings (SSSR count). The molecule has 0 aliphatic rings. The zero-order valence-electron chi connectivity index (χ0n) is 16.3. The number of anilines is 1.